The minimum absolute atomic E-state index is 0.0810. The largest absolute Gasteiger partial charge is 0.480 e. The topological polar surface area (TPSA) is 91.8 Å². The van der Waals surface area contributed by atoms with Gasteiger partial charge in [0.2, 0.25) is 5.91 Å². The fourth-order valence-electron chi connectivity index (χ4n) is 1.84. The third-order valence-electron chi connectivity index (χ3n) is 3.35. The molecule has 0 heterocycles. The maximum Gasteiger partial charge on any atom is 0.326 e. The van der Waals surface area contributed by atoms with Gasteiger partial charge < -0.3 is 10.0 Å². The molecule has 122 valence electrons. The van der Waals surface area contributed by atoms with Crippen molar-refractivity contribution in [1.82, 2.24) is 4.90 Å². The van der Waals surface area contributed by atoms with E-state index >= 15 is 0 Å². The number of nitrogens with zero attached hydrogens (tertiary/aromatic N) is 1. The maximum absolute atomic E-state index is 12.8. The average Bonchev–Trinajstić information content (AvgIpc) is 2.44. The summed E-state index contributed by atoms with van der Waals surface area (Å²) in [4.78, 5) is 23.9. The van der Waals surface area contributed by atoms with E-state index in [0.29, 0.717) is 0 Å². The SMILES string of the molecule is CC(CS(=O)(=O)c1ccc(F)cc1)C(=O)N(C)C(C)C(=O)O. The molecule has 0 bridgehead atoms. The number of halogens is 1. The summed E-state index contributed by atoms with van der Waals surface area (Å²) in [6, 6.07) is 3.26. The molecule has 0 saturated heterocycles. The standard InChI is InChI=1S/C14H18FNO5S/c1-9(13(17)16(3)10(2)14(18)19)8-22(20,21)12-6-4-11(15)5-7-12/h4-7,9-10H,8H2,1-3H3,(H,18,19). The molecule has 1 rings (SSSR count). The third-order valence-corrected chi connectivity index (χ3v) is 5.28. The Bertz CT molecular complexity index is 656. The summed E-state index contributed by atoms with van der Waals surface area (Å²) in [5.41, 5.74) is 0. The summed E-state index contributed by atoms with van der Waals surface area (Å²) < 4.78 is 37.2. The molecule has 0 spiro atoms. The van der Waals surface area contributed by atoms with Crippen LogP contribution in [-0.2, 0) is 19.4 Å². The van der Waals surface area contributed by atoms with Gasteiger partial charge in [-0.05, 0) is 31.2 Å². The molecule has 0 aliphatic carbocycles. The van der Waals surface area contributed by atoms with Crippen molar-refractivity contribution in [2.75, 3.05) is 12.8 Å². The molecule has 0 saturated carbocycles. The molecular weight excluding hydrogens is 313 g/mol. The minimum Gasteiger partial charge on any atom is -0.480 e. The number of amides is 1. The first-order chi connectivity index (χ1) is 10.1. The van der Waals surface area contributed by atoms with Crippen LogP contribution in [0.3, 0.4) is 0 Å². The maximum atomic E-state index is 12.8. The van der Waals surface area contributed by atoms with Gasteiger partial charge in [0.1, 0.15) is 11.9 Å². The Hall–Kier alpha value is -1.96. The quantitative estimate of drug-likeness (QED) is 0.790. The smallest absolute Gasteiger partial charge is 0.326 e. The third kappa shape index (κ3) is 4.27. The molecular formula is C14H18FNO5S. The van der Waals surface area contributed by atoms with Gasteiger partial charge in [-0.15, -0.1) is 0 Å². The summed E-state index contributed by atoms with van der Waals surface area (Å²) in [6.45, 7) is 2.75. The lowest BCUT2D eigenvalue weighted by molar-refractivity contribution is -0.149. The zero-order valence-corrected chi connectivity index (χ0v) is 13.3. The van der Waals surface area contributed by atoms with Gasteiger partial charge in [0.05, 0.1) is 10.6 Å². The van der Waals surface area contributed by atoms with Crippen LogP contribution in [-0.4, -0.2) is 49.1 Å². The molecule has 2 atom stereocenters. The number of sulfone groups is 1. The van der Waals surface area contributed by atoms with Crippen molar-refractivity contribution < 1.29 is 27.5 Å². The summed E-state index contributed by atoms with van der Waals surface area (Å²) in [5, 5.41) is 8.87. The lowest BCUT2D eigenvalue weighted by Crippen LogP contribution is -2.44. The van der Waals surface area contributed by atoms with Crippen LogP contribution in [0, 0.1) is 11.7 Å². The van der Waals surface area contributed by atoms with Crippen LogP contribution in [0.2, 0.25) is 0 Å². The van der Waals surface area contributed by atoms with E-state index in [1.165, 1.54) is 20.9 Å². The van der Waals surface area contributed by atoms with E-state index in [1.54, 1.807) is 0 Å². The Kier molecular flexibility index (Phi) is 5.65. The number of carbonyl (C=O) groups excluding carboxylic acids is 1. The van der Waals surface area contributed by atoms with Crippen molar-refractivity contribution >= 4 is 21.7 Å². The van der Waals surface area contributed by atoms with E-state index in [4.69, 9.17) is 5.11 Å². The summed E-state index contributed by atoms with van der Waals surface area (Å²) in [5.74, 6) is -3.71. The van der Waals surface area contributed by atoms with Gasteiger partial charge in [0, 0.05) is 13.0 Å². The number of hydrogen-bond donors (Lipinski definition) is 1. The predicted molar refractivity (Wildman–Crippen MR) is 77.5 cm³/mol. The molecule has 8 heteroatoms. The molecule has 1 N–H and O–H groups in total. The minimum atomic E-state index is -3.76. The fraction of sp³-hybridized carbons (Fsp3) is 0.429. The van der Waals surface area contributed by atoms with Crippen LogP contribution in [0.15, 0.2) is 29.2 Å². The van der Waals surface area contributed by atoms with E-state index in [9.17, 15) is 22.4 Å². The van der Waals surface area contributed by atoms with Crippen LogP contribution >= 0.6 is 0 Å². The van der Waals surface area contributed by atoms with Gasteiger partial charge in [-0.1, -0.05) is 6.92 Å². The first kappa shape index (κ1) is 18.1. The fourth-order valence-corrected chi connectivity index (χ4v) is 3.39. The normalized spacial score (nSPS) is 14.2. The zero-order chi connectivity index (χ0) is 17.1. The van der Waals surface area contributed by atoms with Crippen molar-refractivity contribution in [1.29, 1.82) is 0 Å². The number of hydrogen-bond acceptors (Lipinski definition) is 4. The van der Waals surface area contributed by atoms with Crippen molar-refractivity contribution in [3.8, 4) is 0 Å². The molecule has 22 heavy (non-hydrogen) atoms. The molecule has 0 fully saturated rings. The summed E-state index contributed by atoms with van der Waals surface area (Å²) in [7, 11) is -2.45. The average molecular weight is 331 g/mol. The van der Waals surface area contributed by atoms with Gasteiger partial charge >= 0.3 is 5.97 Å². The second-order valence-corrected chi connectivity index (χ2v) is 7.13. The van der Waals surface area contributed by atoms with Crippen molar-refractivity contribution in [2.24, 2.45) is 5.92 Å². The molecule has 0 aliphatic heterocycles. The number of likely N-dealkylation sites (N-methyl/N-ethyl adjacent to an activating group) is 1. The molecule has 2 unspecified atom stereocenters. The Labute approximate surface area is 128 Å². The zero-order valence-electron chi connectivity index (χ0n) is 12.5. The number of carboxylic acids is 1. The van der Waals surface area contributed by atoms with E-state index in [0.717, 1.165) is 29.2 Å². The number of aliphatic carboxylic acids is 1. The number of benzene rings is 1. The van der Waals surface area contributed by atoms with Crippen molar-refractivity contribution in [3.05, 3.63) is 30.1 Å². The van der Waals surface area contributed by atoms with Crippen LogP contribution in [0.1, 0.15) is 13.8 Å². The van der Waals surface area contributed by atoms with Gasteiger partial charge in [-0.25, -0.2) is 17.6 Å². The highest BCUT2D eigenvalue weighted by atomic mass is 32.2. The number of carboxylic acid groups (broad SMARTS) is 1. The van der Waals surface area contributed by atoms with E-state index in [1.807, 2.05) is 0 Å². The Morgan fingerprint density at radius 3 is 2.18 bits per heavy atom. The van der Waals surface area contributed by atoms with E-state index in [2.05, 4.69) is 0 Å². The molecule has 0 radical (unpaired) electrons. The number of rotatable bonds is 6. The monoisotopic (exact) mass is 331 g/mol. The first-order valence-electron chi connectivity index (χ1n) is 6.54. The second kappa shape index (κ2) is 6.87. The van der Waals surface area contributed by atoms with Gasteiger partial charge in [0.25, 0.3) is 0 Å². The lowest BCUT2D eigenvalue weighted by Gasteiger charge is -2.24. The van der Waals surface area contributed by atoms with Crippen LogP contribution in [0.25, 0.3) is 0 Å². The van der Waals surface area contributed by atoms with Crippen molar-refractivity contribution in [3.63, 3.8) is 0 Å². The second-order valence-electron chi connectivity index (χ2n) is 5.10. The highest BCUT2D eigenvalue weighted by Gasteiger charge is 2.29. The van der Waals surface area contributed by atoms with Crippen LogP contribution in [0.5, 0.6) is 0 Å². The Morgan fingerprint density at radius 1 is 1.23 bits per heavy atom. The molecule has 0 aromatic heterocycles. The first-order valence-corrected chi connectivity index (χ1v) is 8.19. The lowest BCUT2D eigenvalue weighted by atomic mass is 10.1. The van der Waals surface area contributed by atoms with Gasteiger partial charge in [0.15, 0.2) is 9.84 Å². The highest BCUT2D eigenvalue weighted by molar-refractivity contribution is 7.91. The van der Waals surface area contributed by atoms with Crippen LogP contribution < -0.4 is 0 Å². The van der Waals surface area contributed by atoms with E-state index < -0.39 is 45.2 Å². The summed E-state index contributed by atoms with van der Waals surface area (Å²) >= 11 is 0. The Morgan fingerprint density at radius 2 is 1.73 bits per heavy atom. The predicted octanol–water partition coefficient (Wildman–Crippen LogP) is 1.17. The highest BCUT2D eigenvalue weighted by Crippen LogP contribution is 2.16. The Balaban J connectivity index is 2.87. The van der Waals surface area contributed by atoms with Crippen LogP contribution in [0.4, 0.5) is 4.39 Å². The number of carbonyl (C=O) groups is 2. The summed E-state index contributed by atoms with van der Waals surface area (Å²) in [6.07, 6.45) is 0. The molecule has 0 aliphatic rings. The van der Waals surface area contributed by atoms with Gasteiger partial charge in [-0.2, -0.15) is 0 Å². The molecule has 6 nitrogen and oxygen atoms in total. The molecule has 1 aromatic carbocycles. The van der Waals surface area contributed by atoms with E-state index in [-0.39, 0.29) is 4.90 Å². The van der Waals surface area contributed by atoms with Gasteiger partial charge in [-0.3, -0.25) is 4.79 Å². The molecule has 1 amide bonds. The van der Waals surface area contributed by atoms with Crippen molar-refractivity contribution in [2.45, 2.75) is 24.8 Å². The molecule has 1 aromatic rings.